The Morgan fingerprint density at radius 1 is 1.38 bits per heavy atom. The first-order chi connectivity index (χ1) is 11.5. The summed E-state index contributed by atoms with van der Waals surface area (Å²) in [6.07, 6.45) is 0. The van der Waals surface area contributed by atoms with Gasteiger partial charge in [0, 0.05) is 13.7 Å². The fraction of sp³-hybridized carbons (Fsp3) is 0.500. The van der Waals surface area contributed by atoms with E-state index in [9.17, 15) is 14.4 Å². The van der Waals surface area contributed by atoms with Gasteiger partial charge in [-0.05, 0) is 13.8 Å². The maximum atomic E-state index is 12.6. The quantitative estimate of drug-likeness (QED) is 0.535. The molecule has 0 spiro atoms. The molecular weight excluding hydrogens is 320 g/mol. The smallest absolute Gasteiger partial charge is 0.361 e. The molecule has 2 heterocycles. The number of hydrogen-bond donors (Lipinski definition) is 1. The van der Waals surface area contributed by atoms with Gasteiger partial charge in [-0.1, -0.05) is 5.16 Å². The van der Waals surface area contributed by atoms with E-state index in [1.807, 2.05) is 0 Å². The van der Waals surface area contributed by atoms with Gasteiger partial charge in [-0.25, -0.2) is 4.79 Å². The van der Waals surface area contributed by atoms with E-state index in [4.69, 9.17) is 14.0 Å². The second-order valence-electron chi connectivity index (χ2n) is 4.82. The van der Waals surface area contributed by atoms with E-state index in [1.54, 1.807) is 13.8 Å². The number of nitrogens with one attached hydrogen (secondary N) is 1. The fourth-order valence-electron chi connectivity index (χ4n) is 2.06. The highest BCUT2D eigenvalue weighted by Crippen LogP contribution is 2.14. The van der Waals surface area contributed by atoms with Crippen LogP contribution in [0.4, 0.5) is 0 Å². The molecule has 0 aliphatic heterocycles. The Labute approximate surface area is 136 Å². The van der Waals surface area contributed by atoms with Gasteiger partial charge in [0.2, 0.25) is 11.6 Å². The normalized spacial score (nSPS) is 10.8. The zero-order valence-corrected chi connectivity index (χ0v) is 13.6. The third-order valence-electron chi connectivity index (χ3n) is 3.19. The molecule has 0 radical (unpaired) electrons. The Kier molecular flexibility index (Phi) is 5.64. The Balaban J connectivity index is 2.37. The van der Waals surface area contributed by atoms with Gasteiger partial charge in [0.1, 0.15) is 17.8 Å². The number of aryl methyl sites for hydroxylation is 1. The molecule has 10 heteroatoms. The lowest BCUT2D eigenvalue weighted by atomic mass is 10.3. The average Bonchev–Trinajstić information content (AvgIpc) is 2.96. The largest absolute Gasteiger partial charge is 0.461 e. The number of fused-ring (bicyclic) bond motifs is 1. The van der Waals surface area contributed by atoms with Gasteiger partial charge in [-0.2, -0.15) is 4.98 Å². The van der Waals surface area contributed by atoms with E-state index in [2.05, 4.69) is 15.5 Å². The molecule has 0 saturated heterocycles. The molecule has 1 amide bonds. The lowest BCUT2D eigenvalue weighted by molar-refractivity contribution is -0.121. The molecule has 10 nitrogen and oxygen atoms in total. The minimum absolute atomic E-state index is 0.0726. The van der Waals surface area contributed by atoms with Gasteiger partial charge in [-0.15, -0.1) is 0 Å². The summed E-state index contributed by atoms with van der Waals surface area (Å²) >= 11 is 0. The summed E-state index contributed by atoms with van der Waals surface area (Å²) in [5, 5.41) is 6.05. The van der Waals surface area contributed by atoms with Gasteiger partial charge < -0.3 is 19.3 Å². The van der Waals surface area contributed by atoms with E-state index >= 15 is 0 Å². The summed E-state index contributed by atoms with van der Waals surface area (Å²) in [5.74, 6) is -0.899. The van der Waals surface area contributed by atoms with E-state index in [0.717, 1.165) is 4.57 Å². The minimum Gasteiger partial charge on any atom is -0.461 e. The van der Waals surface area contributed by atoms with E-state index in [0.29, 0.717) is 13.2 Å². The summed E-state index contributed by atoms with van der Waals surface area (Å²) in [4.78, 5) is 40.4. The van der Waals surface area contributed by atoms with Crippen LogP contribution in [0, 0.1) is 6.92 Å². The summed E-state index contributed by atoms with van der Waals surface area (Å²) in [5.41, 5.74) is -0.918. The predicted octanol–water partition coefficient (Wildman–Crippen LogP) is -0.368. The Hall–Kier alpha value is -2.75. The summed E-state index contributed by atoms with van der Waals surface area (Å²) < 4.78 is 15.7. The van der Waals surface area contributed by atoms with Gasteiger partial charge >= 0.3 is 5.97 Å². The number of hydrogen-bond acceptors (Lipinski definition) is 8. The second-order valence-corrected chi connectivity index (χ2v) is 4.82. The molecule has 2 aromatic rings. The van der Waals surface area contributed by atoms with Crippen LogP contribution < -0.4 is 10.9 Å². The number of methoxy groups -OCH3 is 1. The second kappa shape index (κ2) is 7.68. The number of nitrogens with zero attached hydrogens (tertiary/aromatic N) is 3. The zero-order valence-electron chi connectivity index (χ0n) is 13.6. The van der Waals surface area contributed by atoms with Crippen LogP contribution in [0.1, 0.15) is 23.2 Å². The minimum atomic E-state index is -0.782. The SMILES string of the molecule is CCOC(=O)c1noc2nc(C)n(CC(=O)NCCOC)c(=O)c12. The molecule has 2 rings (SSSR count). The van der Waals surface area contributed by atoms with Crippen LogP contribution in [0.3, 0.4) is 0 Å². The number of carbonyl (C=O) groups is 2. The molecule has 2 aromatic heterocycles. The maximum absolute atomic E-state index is 12.6. The fourth-order valence-corrected chi connectivity index (χ4v) is 2.06. The van der Waals surface area contributed by atoms with Crippen molar-refractivity contribution >= 4 is 23.0 Å². The van der Waals surface area contributed by atoms with E-state index in [1.165, 1.54) is 7.11 Å². The standard InChI is InChI=1S/C14H18N4O6/c1-4-23-14(21)11-10-12(24-17-11)16-8(2)18(13(10)20)7-9(19)15-5-6-22-3/h4-7H2,1-3H3,(H,15,19). The first kappa shape index (κ1) is 17.6. The molecule has 0 aromatic carbocycles. The summed E-state index contributed by atoms with van der Waals surface area (Å²) in [6.45, 7) is 3.74. The van der Waals surface area contributed by atoms with Crippen LogP contribution in [-0.4, -0.2) is 53.5 Å². The number of esters is 1. The van der Waals surface area contributed by atoms with Crippen molar-refractivity contribution in [1.82, 2.24) is 20.0 Å². The molecule has 1 N–H and O–H groups in total. The monoisotopic (exact) mass is 338 g/mol. The highest BCUT2D eigenvalue weighted by atomic mass is 16.5. The molecule has 0 aliphatic carbocycles. The van der Waals surface area contributed by atoms with Gasteiger partial charge in [-0.3, -0.25) is 14.2 Å². The van der Waals surface area contributed by atoms with E-state index < -0.39 is 11.5 Å². The average molecular weight is 338 g/mol. The van der Waals surface area contributed by atoms with Crippen molar-refractivity contribution in [3.8, 4) is 0 Å². The predicted molar refractivity (Wildman–Crippen MR) is 81.6 cm³/mol. The lowest BCUT2D eigenvalue weighted by Gasteiger charge is -2.09. The topological polar surface area (TPSA) is 126 Å². The van der Waals surface area contributed by atoms with Gasteiger partial charge in [0.25, 0.3) is 11.3 Å². The van der Waals surface area contributed by atoms with Crippen LogP contribution in [0.2, 0.25) is 0 Å². The summed E-state index contributed by atoms with van der Waals surface area (Å²) in [6, 6.07) is 0. The van der Waals surface area contributed by atoms with Gasteiger partial charge in [0.05, 0.1) is 13.2 Å². The Bertz CT molecular complexity index is 809. The maximum Gasteiger partial charge on any atom is 0.361 e. The molecular formula is C14H18N4O6. The third kappa shape index (κ3) is 3.59. The van der Waals surface area contributed by atoms with Crippen LogP contribution in [-0.2, 0) is 20.8 Å². The lowest BCUT2D eigenvalue weighted by Crippen LogP contribution is -2.35. The van der Waals surface area contributed by atoms with E-state index in [-0.39, 0.29) is 41.7 Å². The molecule has 0 unspecified atom stereocenters. The molecule has 0 bridgehead atoms. The Morgan fingerprint density at radius 2 is 2.12 bits per heavy atom. The van der Waals surface area contributed by atoms with Gasteiger partial charge in [0.15, 0.2) is 0 Å². The van der Waals surface area contributed by atoms with Crippen LogP contribution in [0.25, 0.3) is 11.1 Å². The zero-order chi connectivity index (χ0) is 17.7. The van der Waals surface area contributed by atoms with Crippen molar-refractivity contribution in [1.29, 1.82) is 0 Å². The number of carbonyl (C=O) groups excluding carboxylic acids is 2. The molecule has 24 heavy (non-hydrogen) atoms. The van der Waals surface area contributed by atoms with Crippen molar-refractivity contribution in [2.75, 3.05) is 26.9 Å². The molecule has 0 saturated carbocycles. The summed E-state index contributed by atoms with van der Waals surface area (Å²) in [7, 11) is 1.52. The first-order valence-electron chi connectivity index (χ1n) is 7.29. The van der Waals surface area contributed by atoms with Crippen LogP contribution >= 0.6 is 0 Å². The van der Waals surface area contributed by atoms with Crippen molar-refractivity contribution in [3.63, 3.8) is 0 Å². The first-order valence-corrected chi connectivity index (χ1v) is 7.29. The Morgan fingerprint density at radius 3 is 2.79 bits per heavy atom. The number of rotatable bonds is 7. The van der Waals surface area contributed by atoms with Crippen molar-refractivity contribution in [2.24, 2.45) is 0 Å². The molecule has 0 fully saturated rings. The molecule has 130 valence electrons. The third-order valence-corrected chi connectivity index (χ3v) is 3.19. The van der Waals surface area contributed by atoms with Crippen molar-refractivity contribution < 1.29 is 23.6 Å². The van der Waals surface area contributed by atoms with Crippen molar-refractivity contribution in [3.05, 3.63) is 21.9 Å². The molecule has 0 atom stereocenters. The number of ether oxygens (including phenoxy) is 2. The highest BCUT2D eigenvalue weighted by molar-refractivity contribution is 5.99. The number of aromatic nitrogens is 3. The number of amides is 1. The van der Waals surface area contributed by atoms with Crippen molar-refractivity contribution in [2.45, 2.75) is 20.4 Å². The highest BCUT2D eigenvalue weighted by Gasteiger charge is 2.24. The van der Waals surface area contributed by atoms with Crippen LogP contribution in [0.15, 0.2) is 9.32 Å². The molecule has 0 aliphatic rings. The van der Waals surface area contributed by atoms with Crippen LogP contribution in [0.5, 0.6) is 0 Å².